The van der Waals surface area contributed by atoms with Gasteiger partial charge in [-0.05, 0) is 7.05 Å². The van der Waals surface area contributed by atoms with Crippen molar-refractivity contribution in [3.63, 3.8) is 0 Å². The average molecular weight is 229 g/mol. The highest BCUT2D eigenvalue weighted by molar-refractivity contribution is 5.76. The van der Waals surface area contributed by atoms with E-state index in [2.05, 4.69) is 22.2 Å². The lowest BCUT2D eigenvalue weighted by atomic mass is 10.3. The Balaban J connectivity index is 2.03. The summed E-state index contributed by atoms with van der Waals surface area (Å²) in [5.74, 6) is 0.121. The highest BCUT2D eigenvalue weighted by atomic mass is 16.5. The maximum Gasteiger partial charge on any atom is 0.221 e. The van der Waals surface area contributed by atoms with Crippen molar-refractivity contribution >= 4 is 5.91 Å². The number of carbonyl (C=O) groups is 1. The molecule has 0 bridgehead atoms. The number of nitrogens with one attached hydrogen (secondary N) is 1. The first-order valence-corrected chi connectivity index (χ1v) is 5.89. The van der Waals surface area contributed by atoms with Crippen LogP contribution in [0.4, 0.5) is 0 Å². The fourth-order valence-corrected chi connectivity index (χ4v) is 1.71. The van der Waals surface area contributed by atoms with Crippen LogP contribution in [0.15, 0.2) is 0 Å². The lowest BCUT2D eigenvalue weighted by molar-refractivity contribution is -0.121. The molecule has 0 aromatic heterocycles. The van der Waals surface area contributed by atoms with Gasteiger partial charge in [0.05, 0.1) is 6.61 Å². The smallest absolute Gasteiger partial charge is 0.221 e. The quantitative estimate of drug-likeness (QED) is 0.617. The van der Waals surface area contributed by atoms with Crippen molar-refractivity contribution in [1.29, 1.82) is 0 Å². The predicted octanol–water partition coefficient (Wildman–Crippen LogP) is -0.613. The molecule has 1 fully saturated rings. The average Bonchev–Trinajstić information content (AvgIpc) is 2.29. The zero-order valence-electron chi connectivity index (χ0n) is 10.4. The second-order valence-electron chi connectivity index (χ2n) is 4.24. The number of rotatable bonds is 6. The lowest BCUT2D eigenvalue weighted by Crippen LogP contribution is -2.45. The maximum atomic E-state index is 11.4. The van der Waals surface area contributed by atoms with E-state index in [0.29, 0.717) is 19.6 Å². The number of piperazine rings is 1. The van der Waals surface area contributed by atoms with E-state index in [-0.39, 0.29) is 5.91 Å². The summed E-state index contributed by atoms with van der Waals surface area (Å²) in [5.41, 5.74) is 0. The van der Waals surface area contributed by atoms with Gasteiger partial charge < -0.3 is 19.9 Å². The van der Waals surface area contributed by atoms with Gasteiger partial charge in [0.2, 0.25) is 5.91 Å². The minimum Gasteiger partial charge on any atom is -0.383 e. The molecule has 0 atom stereocenters. The van der Waals surface area contributed by atoms with E-state index in [1.54, 1.807) is 7.11 Å². The van der Waals surface area contributed by atoms with Gasteiger partial charge in [-0.2, -0.15) is 0 Å². The first kappa shape index (κ1) is 13.4. The molecule has 94 valence electrons. The summed E-state index contributed by atoms with van der Waals surface area (Å²) in [5, 5.41) is 2.83. The lowest BCUT2D eigenvalue weighted by Gasteiger charge is -2.32. The molecule has 1 rings (SSSR count). The molecule has 1 saturated heterocycles. The Kier molecular flexibility index (Phi) is 6.37. The molecule has 1 amide bonds. The highest BCUT2D eigenvalue weighted by Crippen LogP contribution is 1.99. The first-order chi connectivity index (χ1) is 7.72. The van der Waals surface area contributed by atoms with Gasteiger partial charge in [-0.1, -0.05) is 0 Å². The largest absolute Gasteiger partial charge is 0.383 e. The zero-order valence-corrected chi connectivity index (χ0v) is 10.4. The van der Waals surface area contributed by atoms with Gasteiger partial charge in [0.25, 0.3) is 0 Å². The highest BCUT2D eigenvalue weighted by Gasteiger charge is 2.14. The molecule has 0 unspecified atom stereocenters. The van der Waals surface area contributed by atoms with Crippen LogP contribution in [-0.2, 0) is 9.53 Å². The number of hydrogen-bond acceptors (Lipinski definition) is 4. The molecule has 0 aromatic rings. The van der Waals surface area contributed by atoms with E-state index in [0.717, 1.165) is 32.7 Å². The van der Waals surface area contributed by atoms with Crippen LogP contribution in [-0.4, -0.2) is 75.7 Å². The molecule has 1 heterocycles. The Morgan fingerprint density at radius 1 is 1.31 bits per heavy atom. The summed E-state index contributed by atoms with van der Waals surface area (Å²) in [4.78, 5) is 16.1. The Morgan fingerprint density at radius 3 is 2.62 bits per heavy atom. The molecule has 16 heavy (non-hydrogen) atoms. The van der Waals surface area contributed by atoms with Gasteiger partial charge in [-0.3, -0.25) is 4.79 Å². The number of likely N-dealkylation sites (N-methyl/N-ethyl adjacent to an activating group) is 1. The Bertz CT molecular complexity index is 203. The van der Waals surface area contributed by atoms with Gasteiger partial charge in [-0.15, -0.1) is 0 Å². The van der Waals surface area contributed by atoms with E-state index in [1.807, 2.05) is 0 Å². The van der Waals surface area contributed by atoms with Crippen LogP contribution in [0.1, 0.15) is 6.42 Å². The number of hydrogen-bond donors (Lipinski definition) is 1. The summed E-state index contributed by atoms with van der Waals surface area (Å²) in [6.45, 7) is 6.41. The van der Waals surface area contributed by atoms with E-state index in [1.165, 1.54) is 0 Å². The number of methoxy groups -OCH3 is 1. The monoisotopic (exact) mass is 229 g/mol. The van der Waals surface area contributed by atoms with Crippen LogP contribution in [0, 0.1) is 0 Å². The fourth-order valence-electron chi connectivity index (χ4n) is 1.71. The van der Waals surface area contributed by atoms with E-state index in [4.69, 9.17) is 4.74 Å². The van der Waals surface area contributed by atoms with E-state index in [9.17, 15) is 4.79 Å². The Morgan fingerprint density at radius 2 is 2.00 bits per heavy atom. The van der Waals surface area contributed by atoms with Gasteiger partial charge in [0.1, 0.15) is 0 Å². The van der Waals surface area contributed by atoms with Crippen molar-refractivity contribution in [1.82, 2.24) is 15.1 Å². The van der Waals surface area contributed by atoms with Crippen molar-refractivity contribution in [2.45, 2.75) is 6.42 Å². The van der Waals surface area contributed by atoms with Crippen molar-refractivity contribution in [2.75, 3.05) is 60.0 Å². The molecule has 0 spiro atoms. The molecule has 1 aliphatic rings. The summed E-state index contributed by atoms with van der Waals surface area (Å²) < 4.78 is 4.87. The molecule has 5 nitrogen and oxygen atoms in total. The summed E-state index contributed by atoms with van der Waals surface area (Å²) >= 11 is 0. The van der Waals surface area contributed by atoms with E-state index < -0.39 is 0 Å². The van der Waals surface area contributed by atoms with Gasteiger partial charge in [0.15, 0.2) is 0 Å². The topological polar surface area (TPSA) is 44.8 Å². The standard InChI is InChI=1S/C11H23N3O2/c1-13-6-8-14(9-7-13)5-3-11(15)12-4-10-16-2/h3-10H2,1-2H3,(H,12,15). The van der Waals surface area contributed by atoms with Crippen LogP contribution in [0.2, 0.25) is 0 Å². The molecule has 0 aromatic carbocycles. The normalized spacial score (nSPS) is 18.6. The van der Waals surface area contributed by atoms with Crippen LogP contribution >= 0.6 is 0 Å². The molecule has 1 aliphatic heterocycles. The number of carbonyl (C=O) groups excluding carboxylic acids is 1. The molecular formula is C11H23N3O2. The SMILES string of the molecule is COCCNC(=O)CCN1CCN(C)CC1. The van der Waals surface area contributed by atoms with Gasteiger partial charge in [-0.25, -0.2) is 0 Å². The number of nitrogens with zero attached hydrogens (tertiary/aromatic N) is 2. The minimum absolute atomic E-state index is 0.121. The molecule has 0 radical (unpaired) electrons. The third kappa shape index (κ3) is 5.44. The molecule has 0 aliphatic carbocycles. The van der Waals surface area contributed by atoms with Gasteiger partial charge in [0, 0.05) is 52.8 Å². The number of amides is 1. The molecule has 5 heteroatoms. The first-order valence-electron chi connectivity index (χ1n) is 5.89. The Labute approximate surface area is 97.7 Å². The number of ether oxygens (including phenoxy) is 1. The van der Waals surface area contributed by atoms with Crippen molar-refractivity contribution < 1.29 is 9.53 Å². The van der Waals surface area contributed by atoms with Crippen LogP contribution in [0.5, 0.6) is 0 Å². The summed E-state index contributed by atoms with van der Waals surface area (Å²) in [7, 11) is 3.77. The molecule has 0 saturated carbocycles. The third-order valence-corrected chi connectivity index (χ3v) is 2.88. The minimum atomic E-state index is 0.121. The van der Waals surface area contributed by atoms with Crippen molar-refractivity contribution in [3.8, 4) is 0 Å². The fraction of sp³-hybridized carbons (Fsp3) is 0.909. The third-order valence-electron chi connectivity index (χ3n) is 2.88. The predicted molar refractivity (Wildman–Crippen MR) is 63.4 cm³/mol. The van der Waals surface area contributed by atoms with Crippen LogP contribution in [0.25, 0.3) is 0 Å². The Hall–Kier alpha value is -0.650. The van der Waals surface area contributed by atoms with Crippen LogP contribution in [0.3, 0.4) is 0 Å². The van der Waals surface area contributed by atoms with Crippen molar-refractivity contribution in [2.24, 2.45) is 0 Å². The van der Waals surface area contributed by atoms with Crippen LogP contribution < -0.4 is 5.32 Å². The van der Waals surface area contributed by atoms with E-state index >= 15 is 0 Å². The molecule has 1 N–H and O–H groups in total. The summed E-state index contributed by atoms with van der Waals surface area (Å²) in [6, 6.07) is 0. The second-order valence-corrected chi connectivity index (χ2v) is 4.24. The second kappa shape index (κ2) is 7.60. The van der Waals surface area contributed by atoms with Gasteiger partial charge >= 0.3 is 0 Å². The summed E-state index contributed by atoms with van der Waals surface area (Å²) in [6.07, 6.45) is 0.591. The maximum absolute atomic E-state index is 11.4. The molecular weight excluding hydrogens is 206 g/mol. The zero-order chi connectivity index (χ0) is 11.8. The van der Waals surface area contributed by atoms with Crippen molar-refractivity contribution in [3.05, 3.63) is 0 Å².